The summed E-state index contributed by atoms with van der Waals surface area (Å²) in [5.41, 5.74) is 6.61. The SMILES string of the molecule is C[S@@](=O)CC1CN(C(=O)c2cncc(N)c2)CCN1. The Morgan fingerprint density at radius 1 is 1.63 bits per heavy atom. The second-order valence-electron chi connectivity index (χ2n) is 4.65. The number of rotatable bonds is 3. The predicted molar refractivity (Wildman–Crippen MR) is 75.3 cm³/mol. The van der Waals surface area contributed by atoms with Crippen LogP contribution in [0.25, 0.3) is 0 Å². The maximum atomic E-state index is 12.3. The molecule has 7 heteroatoms. The molecular formula is C12H18N4O2S. The van der Waals surface area contributed by atoms with Gasteiger partial charge in [0.05, 0.1) is 11.3 Å². The minimum atomic E-state index is -0.872. The molecule has 0 aliphatic carbocycles. The number of nitrogens with zero attached hydrogens (tertiary/aromatic N) is 2. The van der Waals surface area contributed by atoms with E-state index >= 15 is 0 Å². The van der Waals surface area contributed by atoms with Crippen LogP contribution in [0.2, 0.25) is 0 Å². The molecule has 1 fully saturated rings. The third-order valence-corrected chi connectivity index (χ3v) is 3.86. The smallest absolute Gasteiger partial charge is 0.255 e. The molecule has 1 amide bonds. The third kappa shape index (κ3) is 3.74. The van der Waals surface area contributed by atoms with Gasteiger partial charge in [0.25, 0.3) is 5.91 Å². The maximum Gasteiger partial charge on any atom is 0.255 e. The molecular weight excluding hydrogens is 264 g/mol. The number of carbonyl (C=O) groups excluding carboxylic acids is 1. The summed E-state index contributed by atoms with van der Waals surface area (Å²) in [6, 6.07) is 1.71. The topological polar surface area (TPSA) is 88.3 Å². The van der Waals surface area contributed by atoms with Crippen LogP contribution in [0.4, 0.5) is 5.69 Å². The van der Waals surface area contributed by atoms with Crippen molar-refractivity contribution in [2.75, 3.05) is 37.4 Å². The zero-order valence-electron chi connectivity index (χ0n) is 10.8. The molecule has 6 nitrogen and oxygen atoms in total. The van der Waals surface area contributed by atoms with Gasteiger partial charge in [-0.05, 0) is 6.07 Å². The van der Waals surface area contributed by atoms with E-state index in [-0.39, 0.29) is 11.9 Å². The Balaban J connectivity index is 2.04. The molecule has 2 atom stereocenters. The molecule has 1 aromatic heterocycles. The van der Waals surface area contributed by atoms with E-state index in [1.807, 2.05) is 0 Å². The fourth-order valence-corrected chi connectivity index (χ4v) is 2.95. The molecule has 2 heterocycles. The van der Waals surface area contributed by atoms with E-state index in [0.717, 1.165) is 0 Å². The molecule has 3 N–H and O–H groups in total. The summed E-state index contributed by atoms with van der Waals surface area (Å²) in [4.78, 5) is 18.0. The average molecular weight is 282 g/mol. The largest absolute Gasteiger partial charge is 0.397 e. The Labute approximate surface area is 114 Å². The van der Waals surface area contributed by atoms with Crippen molar-refractivity contribution in [1.82, 2.24) is 15.2 Å². The number of pyridine rings is 1. The first kappa shape index (κ1) is 14.0. The number of piperazine rings is 1. The number of nitrogens with two attached hydrogens (primary N) is 1. The van der Waals surface area contributed by atoms with E-state index < -0.39 is 10.8 Å². The Kier molecular flexibility index (Phi) is 4.49. The second kappa shape index (κ2) is 6.12. The second-order valence-corrected chi connectivity index (χ2v) is 6.13. The van der Waals surface area contributed by atoms with Crippen molar-refractivity contribution in [3.05, 3.63) is 24.0 Å². The monoisotopic (exact) mass is 282 g/mol. The van der Waals surface area contributed by atoms with Crippen molar-refractivity contribution in [3.8, 4) is 0 Å². The lowest BCUT2D eigenvalue weighted by Crippen LogP contribution is -2.54. The quantitative estimate of drug-likeness (QED) is 0.777. The highest BCUT2D eigenvalue weighted by Gasteiger charge is 2.24. The molecule has 2 rings (SSSR count). The van der Waals surface area contributed by atoms with Crippen LogP contribution in [-0.4, -0.2) is 57.7 Å². The molecule has 0 spiro atoms. The van der Waals surface area contributed by atoms with E-state index in [1.165, 1.54) is 12.4 Å². The molecule has 0 aromatic carbocycles. The lowest BCUT2D eigenvalue weighted by Gasteiger charge is -2.33. The van der Waals surface area contributed by atoms with Gasteiger partial charge in [-0.1, -0.05) is 0 Å². The van der Waals surface area contributed by atoms with Gasteiger partial charge in [-0.25, -0.2) is 0 Å². The standard InChI is InChI=1S/C12H18N4O2S/c1-19(18)8-11-7-16(3-2-15-11)12(17)9-4-10(13)6-14-5-9/h4-6,11,15H,2-3,7-8,13H2,1H3/t11?,19-/m1/s1. The zero-order chi connectivity index (χ0) is 13.8. The summed E-state index contributed by atoms with van der Waals surface area (Å²) in [7, 11) is -0.872. The Morgan fingerprint density at radius 2 is 2.42 bits per heavy atom. The van der Waals surface area contributed by atoms with Crippen LogP contribution in [0.15, 0.2) is 18.5 Å². The van der Waals surface area contributed by atoms with Crippen molar-refractivity contribution in [3.63, 3.8) is 0 Å². The average Bonchev–Trinajstić information content (AvgIpc) is 2.37. The van der Waals surface area contributed by atoms with Gasteiger partial charge in [-0.15, -0.1) is 0 Å². The van der Waals surface area contributed by atoms with Gasteiger partial charge in [0, 0.05) is 60.9 Å². The highest BCUT2D eigenvalue weighted by Crippen LogP contribution is 2.10. The fraction of sp³-hybridized carbons (Fsp3) is 0.500. The number of nitrogen functional groups attached to an aromatic ring is 1. The summed E-state index contributed by atoms with van der Waals surface area (Å²) < 4.78 is 11.2. The number of hydrogen-bond donors (Lipinski definition) is 2. The fourth-order valence-electron chi connectivity index (χ4n) is 2.16. The molecule has 0 saturated carbocycles. The van der Waals surface area contributed by atoms with Crippen LogP contribution >= 0.6 is 0 Å². The predicted octanol–water partition coefficient (Wildman–Crippen LogP) is -0.544. The number of nitrogens with one attached hydrogen (secondary N) is 1. The Bertz CT molecular complexity index is 494. The van der Waals surface area contributed by atoms with Crippen LogP contribution < -0.4 is 11.1 Å². The molecule has 1 aromatic rings. The van der Waals surface area contributed by atoms with E-state index in [2.05, 4.69) is 10.3 Å². The first-order chi connectivity index (χ1) is 9.06. The lowest BCUT2D eigenvalue weighted by molar-refractivity contribution is 0.0710. The highest BCUT2D eigenvalue weighted by atomic mass is 32.2. The van der Waals surface area contributed by atoms with Crippen molar-refractivity contribution in [2.24, 2.45) is 0 Å². The number of anilines is 1. The molecule has 104 valence electrons. The molecule has 1 aliphatic heterocycles. The molecule has 19 heavy (non-hydrogen) atoms. The molecule has 1 unspecified atom stereocenters. The van der Waals surface area contributed by atoms with E-state index in [9.17, 15) is 9.00 Å². The maximum absolute atomic E-state index is 12.3. The number of amides is 1. The van der Waals surface area contributed by atoms with Crippen LogP contribution in [0.5, 0.6) is 0 Å². The number of hydrogen-bond acceptors (Lipinski definition) is 5. The van der Waals surface area contributed by atoms with Gasteiger partial charge < -0.3 is 16.0 Å². The first-order valence-corrected chi connectivity index (χ1v) is 7.82. The van der Waals surface area contributed by atoms with Crippen LogP contribution in [-0.2, 0) is 10.8 Å². The lowest BCUT2D eigenvalue weighted by atomic mass is 10.2. The Hall–Kier alpha value is -1.47. The molecule has 0 bridgehead atoms. The summed E-state index contributed by atoms with van der Waals surface area (Å²) in [5.74, 6) is 0.479. The van der Waals surface area contributed by atoms with Crippen molar-refractivity contribution < 1.29 is 9.00 Å². The number of carbonyl (C=O) groups is 1. The minimum absolute atomic E-state index is 0.0758. The summed E-state index contributed by atoms with van der Waals surface area (Å²) >= 11 is 0. The minimum Gasteiger partial charge on any atom is -0.397 e. The molecule has 1 saturated heterocycles. The number of aromatic nitrogens is 1. The van der Waals surface area contributed by atoms with Crippen molar-refractivity contribution in [1.29, 1.82) is 0 Å². The van der Waals surface area contributed by atoms with Gasteiger partial charge in [-0.2, -0.15) is 0 Å². The normalized spacial score (nSPS) is 21.1. The first-order valence-electron chi connectivity index (χ1n) is 6.09. The molecule has 1 aliphatic rings. The van der Waals surface area contributed by atoms with E-state index in [4.69, 9.17) is 5.73 Å². The Morgan fingerprint density at radius 3 is 3.11 bits per heavy atom. The van der Waals surface area contributed by atoms with Gasteiger partial charge in [0.15, 0.2) is 0 Å². The zero-order valence-corrected chi connectivity index (χ0v) is 11.7. The van der Waals surface area contributed by atoms with E-state index in [1.54, 1.807) is 17.2 Å². The molecule has 0 radical (unpaired) electrons. The van der Waals surface area contributed by atoms with Crippen LogP contribution in [0.3, 0.4) is 0 Å². The van der Waals surface area contributed by atoms with Crippen molar-refractivity contribution in [2.45, 2.75) is 6.04 Å². The van der Waals surface area contributed by atoms with Gasteiger partial charge in [0.1, 0.15) is 0 Å². The van der Waals surface area contributed by atoms with Gasteiger partial charge >= 0.3 is 0 Å². The summed E-state index contributed by atoms with van der Waals surface area (Å²) in [6.07, 6.45) is 4.70. The van der Waals surface area contributed by atoms with Crippen LogP contribution in [0, 0.1) is 0 Å². The van der Waals surface area contributed by atoms with Gasteiger partial charge in [0.2, 0.25) is 0 Å². The van der Waals surface area contributed by atoms with Crippen LogP contribution in [0.1, 0.15) is 10.4 Å². The summed E-state index contributed by atoms with van der Waals surface area (Å²) in [5, 5.41) is 3.27. The third-order valence-electron chi connectivity index (χ3n) is 2.98. The van der Waals surface area contributed by atoms with E-state index in [0.29, 0.717) is 36.6 Å². The van der Waals surface area contributed by atoms with Crippen molar-refractivity contribution >= 4 is 22.4 Å². The summed E-state index contributed by atoms with van der Waals surface area (Å²) in [6.45, 7) is 1.91. The highest BCUT2D eigenvalue weighted by molar-refractivity contribution is 7.84. The van der Waals surface area contributed by atoms with Gasteiger partial charge in [-0.3, -0.25) is 14.0 Å².